The van der Waals surface area contributed by atoms with Crippen molar-refractivity contribution in [3.8, 4) is 11.5 Å². The number of carbonyl (C=O) groups excluding carboxylic acids is 1. The Hall–Kier alpha value is -3.88. The van der Waals surface area contributed by atoms with E-state index >= 15 is 0 Å². The first-order chi connectivity index (χ1) is 20.7. The third kappa shape index (κ3) is 9.05. The highest BCUT2D eigenvalue weighted by Gasteiger charge is 2.18. The number of aliphatic hydroxyl groups is 2. The summed E-state index contributed by atoms with van der Waals surface area (Å²) in [4.78, 5) is 12.7. The van der Waals surface area contributed by atoms with Gasteiger partial charge in [-0.05, 0) is 84.7 Å². The van der Waals surface area contributed by atoms with Crippen LogP contribution in [0.3, 0.4) is 0 Å². The van der Waals surface area contributed by atoms with Crippen molar-refractivity contribution < 1.29 is 25.2 Å². The quantitative estimate of drug-likeness (QED) is 0.111. The van der Waals surface area contributed by atoms with Crippen LogP contribution in [0.5, 0.6) is 11.5 Å². The average molecular weight is 603 g/mol. The van der Waals surface area contributed by atoms with E-state index in [1.165, 1.54) is 12.1 Å². The van der Waals surface area contributed by atoms with Gasteiger partial charge in [-0.2, -0.15) is 0 Å². The van der Waals surface area contributed by atoms with E-state index in [1.54, 1.807) is 30.3 Å². The fraction of sp³-hybridized carbons (Fsp3) is 0.286. The highest BCUT2D eigenvalue weighted by molar-refractivity contribution is 6.31. The fourth-order valence-electron chi connectivity index (χ4n) is 5.21. The standard InChI is InChI=1S/C35H39ClN2O5/c1-23(38-21-34(42)28-13-14-32(40)29(20-28)22-39)17-24-7-6-9-25(18-24)26(19-27-8-2-4-11-31(27)36)15-16-37-35(43)30-10-3-5-12-33(30)41/h2-14,18,20,23,26,34,38-42H,15-17,19,21-22H2,1H3,(H,37,43)/t23-,26?,34-/m1/s1. The van der Waals surface area contributed by atoms with Crippen molar-refractivity contribution in [1.82, 2.24) is 10.6 Å². The Morgan fingerprint density at radius 1 is 0.837 bits per heavy atom. The number of nitrogens with one attached hydrogen (secondary N) is 2. The average Bonchev–Trinajstić information content (AvgIpc) is 3.01. The number of phenolic OH excluding ortho intramolecular Hbond substituents is 1. The van der Waals surface area contributed by atoms with E-state index in [0.717, 1.165) is 23.1 Å². The molecule has 226 valence electrons. The molecule has 0 spiro atoms. The zero-order chi connectivity index (χ0) is 30.8. The summed E-state index contributed by atoms with van der Waals surface area (Å²) in [7, 11) is 0. The zero-order valence-electron chi connectivity index (χ0n) is 24.2. The second-order valence-electron chi connectivity index (χ2n) is 10.9. The molecule has 3 atom stereocenters. The third-order valence-corrected chi connectivity index (χ3v) is 8.00. The minimum Gasteiger partial charge on any atom is -0.508 e. The molecular weight excluding hydrogens is 564 g/mol. The number of rotatable bonds is 14. The maximum absolute atomic E-state index is 12.7. The van der Waals surface area contributed by atoms with Gasteiger partial charge >= 0.3 is 0 Å². The van der Waals surface area contributed by atoms with Crippen molar-refractivity contribution >= 4 is 17.5 Å². The minimum absolute atomic E-state index is 0.00497. The first kappa shape index (κ1) is 32.0. The molecule has 0 aliphatic heterocycles. The van der Waals surface area contributed by atoms with Crippen LogP contribution >= 0.6 is 11.6 Å². The number of aliphatic hydroxyl groups excluding tert-OH is 2. The zero-order valence-corrected chi connectivity index (χ0v) is 25.0. The van der Waals surface area contributed by atoms with E-state index in [1.807, 2.05) is 30.3 Å². The van der Waals surface area contributed by atoms with Gasteiger partial charge in [-0.3, -0.25) is 4.79 Å². The lowest BCUT2D eigenvalue weighted by molar-refractivity contribution is 0.0949. The highest BCUT2D eigenvalue weighted by Crippen LogP contribution is 2.29. The van der Waals surface area contributed by atoms with Gasteiger partial charge in [0.1, 0.15) is 11.5 Å². The van der Waals surface area contributed by atoms with Gasteiger partial charge in [0.2, 0.25) is 0 Å². The van der Waals surface area contributed by atoms with Crippen molar-refractivity contribution in [2.24, 2.45) is 0 Å². The molecule has 4 rings (SSSR count). The van der Waals surface area contributed by atoms with Gasteiger partial charge in [0.15, 0.2) is 0 Å². The molecule has 0 aliphatic rings. The summed E-state index contributed by atoms with van der Waals surface area (Å²) in [6.45, 7) is 2.51. The first-order valence-electron chi connectivity index (χ1n) is 14.5. The van der Waals surface area contributed by atoms with Crippen LogP contribution in [-0.4, -0.2) is 45.5 Å². The third-order valence-electron chi connectivity index (χ3n) is 7.63. The SMILES string of the molecule is C[C@H](Cc1cccc(C(CCNC(=O)c2ccccc2O)Cc2ccccc2Cl)c1)NC[C@@H](O)c1ccc(O)c(CO)c1. The summed E-state index contributed by atoms with van der Waals surface area (Å²) < 4.78 is 0. The number of benzene rings is 4. The summed E-state index contributed by atoms with van der Waals surface area (Å²) in [5, 5.41) is 46.9. The fourth-order valence-corrected chi connectivity index (χ4v) is 5.42. The molecule has 0 fully saturated rings. The van der Waals surface area contributed by atoms with Crippen molar-refractivity contribution in [1.29, 1.82) is 0 Å². The Labute approximate surface area is 257 Å². The monoisotopic (exact) mass is 602 g/mol. The van der Waals surface area contributed by atoms with Crippen LogP contribution in [0.15, 0.2) is 91.0 Å². The molecule has 43 heavy (non-hydrogen) atoms. The number of amides is 1. The maximum Gasteiger partial charge on any atom is 0.255 e. The van der Waals surface area contributed by atoms with Crippen LogP contribution in [0, 0.1) is 0 Å². The molecule has 8 heteroatoms. The number of phenols is 2. The molecule has 1 unspecified atom stereocenters. The van der Waals surface area contributed by atoms with Gasteiger partial charge in [0.05, 0.1) is 18.3 Å². The van der Waals surface area contributed by atoms with Crippen LogP contribution < -0.4 is 10.6 Å². The number of aromatic hydroxyl groups is 2. The number of hydrogen-bond acceptors (Lipinski definition) is 6. The van der Waals surface area contributed by atoms with Gasteiger partial charge < -0.3 is 31.1 Å². The second-order valence-corrected chi connectivity index (χ2v) is 11.3. The topological polar surface area (TPSA) is 122 Å². The Balaban J connectivity index is 1.41. The van der Waals surface area contributed by atoms with Crippen LogP contribution in [0.1, 0.15) is 63.5 Å². The predicted octanol–water partition coefficient (Wildman–Crippen LogP) is 5.64. The van der Waals surface area contributed by atoms with Gasteiger partial charge in [-0.1, -0.05) is 72.3 Å². The summed E-state index contributed by atoms with van der Waals surface area (Å²) in [5.41, 5.74) is 4.57. The minimum atomic E-state index is -0.785. The molecule has 0 saturated carbocycles. The molecule has 0 aromatic heterocycles. The van der Waals surface area contributed by atoms with Gasteiger partial charge in [0, 0.05) is 29.7 Å². The van der Waals surface area contributed by atoms with E-state index in [2.05, 4.69) is 35.8 Å². The van der Waals surface area contributed by atoms with Gasteiger partial charge in [-0.15, -0.1) is 0 Å². The first-order valence-corrected chi connectivity index (χ1v) is 14.9. The highest BCUT2D eigenvalue weighted by atomic mass is 35.5. The molecule has 4 aromatic carbocycles. The van der Waals surface area contributed by atoms with Crippen LogP contribution in [0.2, 0.25) is 5.02 Å². The molecule has 7 nitrogen and oxygen atoms in total. The molecule has 0 saturated heterocycles. The smallest absolute Gasteiger partial charge is 0.255 e. The second kappa shape index (κ2) is 15.5. The summed E-state index contributed by atoms with van der Waals surface area (Å²) in [6.07, 6.45) is 1.34. The Bertz CT molecular complexity index is 1510. The largest absolute Gasteiger partial charge is 0.508 e. The van der Waals surface area contributed by atoms with Gasteiger partial charge in [-0.25, -0.2) is 0 Å². The summed E-state index contributed by atoms with van der Waals surface area (Å²) >= 11 is 6.52. The predicted molar refractivity (Wildman–Crippen MR) is 170 cm³/mol. The Kier molecular flexibility index (Phi) is 11.6. The lowest BCUT2D eigenvalue weighted by Crippen LogP contribution is -2.32. The molecular formula is C35H39ClN2O5. The van der Waals surface area contributed by atoms with E-state index in [9.17, 15) is 25.2 Å². The lowest BCUT2D eigenvalue weighted by Gasteiger charge is -2.21. The van der Waals surface area contributed by atoms with E-state index in [-0.39, 0.29) is 41.5 Å². The Morgan fingerprint density at radius 3 is 2.37 bits per heavy atom. The van der Waals surface area contributed by atoms with E-state index < -0.39 is 6.10 Å². The molecule has 0 bridgehead atoms. The van der Waals surface area contributed by atoms with E-state index in [4.69, 9.17) is 11.6 Å². The summed E-state index contributed by atoms with van der Waals surface area (Å²) in [6, 6.07) is 27.5. The lowest BCUT2D eigenvalue weighted by atomic mass is 9.87. The van der Waals surface area contributed by atoms with Gasteiger partial charge in [0.25, 0.3) is 5.91 Å². The Morgan fingerprint density at radius 2 is 1.60 bits per heavy atom. The molecule has 4 aromatic rings. The van der Waals surface area contributed by atoms with Crippen LogP contribution in [-0.2, 0) is 19.4 Å². The van der Waals surface area contributed by atoms with Crippen molar-refractivity contribution in [2.45, 2.75) is 50.9 Å². The number of halogens is 1. The molecule has 1 amide bonds. The van der Waals surface area contributed by atoms with E-state index in [0.29, 0.717) is 42.1 Å². The molecule has 0 aliphatic carbocycles. The molecule has 0 radical (unpaired) electrons. The number of carbonyl (C=O) groups is 1. The molecule has 6 N–H and O–H groups in total. The van der Waals surface area contributed by atoms with Crippen molar-refractivity contribution in [3.05, 3.63) is 129 Å². The number of para-hydroxylation sites is 1. The van der Waals surface area contributed by atoms with Crippen LogP contribution in [0.25, 0.3) is 0 Å². The number of hydrogen-bond donors (Lipinski definition) is 6. The normalized spacial score (nSPS) is 13.3. The van der Waals surface area contributed by atoms with Crippen LogP contribution in [0.4, 0.5) is 0 Å². The van der Waals surface area contributed by atoms with Crippen molar-refractivity contribution in [2.75, 3.05) is 13.1 Å². The maximum atomic E-state index is 12.7. The van der Waals surface area contributed by atoms with Crippen molar-refractivity contribution in [3.63, 3.8) is 0 Å². The summed E-state index contributed by atoms with van der Waals surface area (Å²) in [5.74, 6) is -0.269. The molecule has 0 heterocycles.